The number of carbonyl (C=O) groups is 1. The van der Waals surface area contributed by atoms with Crippen molar-refractivity contribution in [2.45, 2.75) is 64.0 Å². The van der Waals surface area contributed by atoms with Gasteiger partial charge in [-0.1, -0.05) is 13.3 Å². The number of nitrogens with two attached hydrogens (primary N) is 1. The lowest BCUT2D eigenvalue weighted by Gasteiger charge is -2.56. The molecule has 0 aromatic heterocycles. The standard InChI is InChI=1S/C16H28N2O/c1-3-4-14(17)16(19)18(2)15-12-6-10-5-11(8-12)9-13(15)7-10/h10-15H,3-9,17H2,1-2H3/t10?,11?,12?,13?,14-,15?/m1/s1. The van der Waals surface area contributed by atoms with Crippen molar-refractivity contribution in [2.75, 3.05) is 7.05 Å². The molecule has 0 saturated heterocycles. The summed E-state index contributed by atoms with van der Waals surface area (Å²) in [5.74, 6) is 3.63. The summed E-state index contributed by atoms with van der Waals surface area (Å²) in [6.45, 7) is 2.09. The Kier molecular flexibility index (Phi) is 3.59. The molecule has 0 aromatic carbocycles. The highest BCUT2D eigenvalue weighted by Crippen LogP contribution is 2.54. The summed E-state index contributed by atoms with van der Waals surface area (Å²) in [5, 5.41) is 0. The van der Waals surface area contributed by atoms with Crippen molar-refractivity contribution in [1.82, 2.24) is 4.90 Å². The molecule has 4 bridgehead atoms. The Balaban J connectivity index is 1.70. The maximum absolute atomic E-state index is 12.5. The van der Waals surface area contributed by atoms with Gasteiger partial charge >= 0.3 is 0 Å². The minimum absolute atomic E-state index is 0.180. The molecule has 4 aliphatic rings. The topological polar surface area (TPSA) is 46.3 Å². The number of rotatable bonds is 4. The molecule has 0 radical (unpaired) electrons. The van der Waals surface area contributed by atoms with Gasteiger partial charge in [-0.2, -0.15) is 0 Å². The Bertz CT molecular complexity index is 327. The molecule has 4 fully saturated rings. The van der Waals surface area contributed by atoms with Crippen molar-refractivity contribution >= 4 is 5.91 Å². The summed E-state index contributed by atoms with van der Waals surface area (Å²) >= 11 is 0. The maximum Gasteiger partial charge on any atom is 0.239 e. The van der Waals surface area contributed by atoms with Crippen LogP contribution in [0.1, 0.15) is 51.9 Å². The fraction of sp³-hybridized carbons (Fsp3) is 0.938. The van der Waals surface area contributed by atoms with Gasteiger partial charge in [0.2, 0.25) is 5.91 Å². The van der Waals surface area contributed by atoms with Crippen LogP contribution in [0.15, 0.2) is 0 Å². The lowest BCUT2D eigenvalue weighted by atomic mass is 9.54. The molecule has 4 aliphatic carbocycles. The normalized spacial score (nSPS) is 41.3. The first-order chi connectivity index (χ1) is 9.10. The average molecular weight is 264 g/mol. The highest BCUT2D eigenvalue weighted by atomic mass is 16.2. The molecule has 108 valence electrons. The van der Waals surface area contributed by atoms with Gasteiger partial charge < -0.3 is 10.6 Å². The molecule has 0 aromatic rings. The van der Waals surface area contributed by atoms with Crippen molar-refractivity contribution in [3.8, 4) is 0 Å². The smallest absolute Gasteiger partial charge is 0.239 e. The first-order valence-corrected chi connectivity index (χ1v) is 8.12. The molecule has 3 nitrogen and oxygen atoms in total. The van der Waals surface area contributed by atoms with Crippen molar-refractivity contribution in [1.29, 1.82) is 0 Å². The van der Waals surface area contributed by atoms with Crippen molar-refractivity contribution in [3.63, 3.8) is 0 Å². The number of hydrogen-bond donors (Lipinski definition) is 1. The van der Waals surface area contributed by atoms with Crippen LogP contribution in [0.25, 0.3) is 0 Å². The molecular formula is C16H28N2O. The monoisotopic (exact) mass is 264 g/mol. The van der Waals surface area contributed by atoms with Crippen LogP contribution < -0.4 is 5.73 Å². The third-order valence-electron chi connectivity index (χ3n) is 5.89. The molecule has 2 N–H and O–H groups in total. The van der Waals surface area contributed by atoms with Crippen molar-refractivity contribution in [3.05, 3.63) is 0 Å². The fourth-order valence-corrected chi connectivity index (χ4v) is 5.37. The van der Waals surface area contributed by atoms with E-state index in [-0.39, 0.29) is 11.9 Å². The minimum Gasteiger partial charge on any atom is -0.341 e. The van der Waals surface area contributed by atoms with Crippen LogP contribution in [0.5, 0.6) is 0 Å². The number of hydrogen-bond acceptors (Lipinski definition) is 2. The molecule has 0 unspecified atom stereocenters. The summed E-state index contributed by atoms with van der Waals surface area (Å²) < 4.78 is 0. The van der Waals surface area contributed by atoms with Crippen molar-refractivity contribution < 1.29 is 4.79 Å². The van der Waals surface area contributed by atoms with E-state index in [0.717, 1.165) is 36.5 Å². The van der Waals surface area contributed by atoms with Crippen LogP contribution in [-0.2, 0) is 4.79 Å². The molecule has 1 atom stereocenters. The van der Waals surface area contributed by atoms with Gasteiger partial charge in [0.25, 0.3) is 0 Å². The van der Waals surface area contributed by atoms with E-state index in [1.54, 1.807) is 0 Å². The van der Waals surface area contributed by atoms with Gasteiger partial charge in [0.05, 0.1) is 6.04 Å². The molecule has 1 amide bonds. The zero-order valence-electron chi connectivity index (χ0n) is 12.3. The van der Waals surface area contributed by atoms with Gasteiger partial charge in [-0.15, -0.1) is 0 Å². The molecule has 4 saturated carbocycles. The van der Waals surface area contributed by atoms with Crippen molar-refractivity contribution in [2.24, 2.45) is 29.4 Å². The third kappa shape index (κ3) is 2.31. The number of carbonyl (C=O) groups excluding carboxylic acids is 1. The first kappa shape index (κ1) is 13.4. The lowest BCUT2D eigenvalue weighted by Crippen LogP contribution is -2.58. The summed E-state index contributed by atoms with van der Waals surface area (Å²) in [6.07, 6.45) is 8.71. The van der Waals surface area contributed by atoms with Crippen LogP contribution in [-0.4, -0.2) is 29.9 Å². The first-order valence-electron chi connectivity index (χ1n) is 8.12. The number of likely N-dealkylation sites (N-methyl/N-ethyl adjacent to an activating group) is 1. The van der Waals surface area contributed by atoms with Crippen LogP contribution >= 0.6 is 0 Å². The Labute approximate surface area is 116 Å². The Morgan fingerprint density at radius 2 is 1.68 bits per heavy atom. The van der Waals surface area contributed by atoms with E-state index in [1.807, 2.05) is 11.9 Å². The van der Waals surface area contributed by atoms with E-state index in [0.29, 0.717) is 6.04 Å². The Morgan fingerprint density at radius 1 is 1.16 bits per heavy atom. The largest absolute Gasteiger partial charge is 0.341 e. The van der Waals surface area contributed by atoms with E-state index in [1.165, 1.54) is 32.1 Å². The Hall–Kier alpha value is -0.570. The van der Waals surface area contributed by atoms with E-state index in [2.05, 4.69) is 6.92 Å². The minimum atomic E-state index is -0.285. The molecular weight excluding hydrogens is 236 g/mol. The predicted molar refractivity (Wildman–Crippen MR) is 76.5 cm³/mol. The van der Waals surface area contributed by atoms with Crippen LogP contribution in [0.3, 0.4) is 0 Å². The van der Waals surface area contributed by atoms with Gasteiger partial charge in [-0.3, -0.25) is 4.79 Å². The van der Waals surface area contributed by atoms with Gasteiger partial charge in [-0.05, 0) is 62.2 Å². The number of nitrogens with zero attached hydrogens (tertiary/aromatic N) is 1. The van der Waals surface area contributed by atoms with Crippen LogP contribution in [0.2, 0.25) is 0 Å². The van der Waals surface area contributed by atoms with Gasteiger partial charge in [-0.25, -0.2) is 0 Å². The van der Waals surface area contributed by atoms with E-state index >= 15 is 0 Å². The van der Waals surface area contributed by atoms with E-state index < -0.39 is 0 Å². The summed E-state index contributed by atoms with van der Waals surface area (Å²) in [6, 6.07) is 0.204. The number of amides is 1. The molecule has 0 heterocycles. The quantitative estimate of drug-likeness (QED) is 0.847. The van der Waals surface area contributed by atoms with Crippen LogP contribution in [0.4, 0.5) is 0 Å². The molecule has 0 spiro atoms. The SMILES string of the molecule is CCC[C@@H](N)C(=O)N(C)C1C2CC3CC(C2)CC1C3. The zero-order valence-corrected chi connectivity index (χ0v) is 12.3. The summed E-state index contributed by atoms with van der Waals surface area (Å²) in [7, 11) is 2.00. The van der Waals surface area contributed by atoms with Crippen LogP contribution in [0, 0.1) is 23.7 Å². The second kappa shape index (κ2) is 5.08. The molecule has 0 aliphatic heterocycles. The second-order valence-corrected chi connectivity index (χ2v) is 7.27. The Morgan fingerprint density at radius 3 is 2.16 bits per heavy atom. The van der Waals surface area contributed by atoms with Gasteiger partial charge in [0.15, 0.2) is 0 Å². The molecule has 3 heteroatoms. The van der Waals surface area contributed by atoms with E-state index in [9.17, 15) is 4.79 Å². The fourth-order valence-electron chi connectivity index (χ4n) is 5.37. The molecule has 19 heavy (non-hydrogen) atoms. The lowest BCUT2D eigenvalue weighted by molar-refractivity contribution is -0.142. The predicted octanol–water partition coefficient (Wildman–Crippen LogP) is 2.40. The zero-order chi connectivity index (χ0) is 13.6. The van der Waals surface area contributed by atoms with Gasteiger partial charge in [0, 0.05) is 13.1 Å². The summed E-state index contributed by atoms with van der Waals surface area (Å²) in [5.41, 5.74) is 6.03. The van der Waals surface area contributed by atoms with Gasteiger partial charge in [0.1, 0.15) is 0 Å². The average Bonchev–Trinajstić information content (AvgIpc) is 2.36. The van der Waals surface area contributed by atoms with E-state index in [4.69, 9.17) is 5.73 Å². The summed E-state index contributed by atoms with van der Waals surface area (Å²) in [4.78, 5) is 14.5. The third-order valence-corrected chi connectivity index (χ3v) is 5.89. The second-order valence-electron chi connectivity index (χ2n) is 7.27. The molecule has 4 rings (SSSR count). The highest BCUT2D eigenvalue weighted by molar-refractivity contribution is 5.81. The maximum atomic E-state index is 12.5. The highest BCUT2D eigenvalue weighted by Gasteiger charge is 2.50.